The molecule has 1 aliphatic heterocycles. The van der Waals surface area contributed by atoms with Gasteiger partial charge in [-0.25, -0.2) is 0 Å². The molecule has 5 nitrogen and oxygen atoms in total. The Labute approximate surface area is 189 Å². The highest BCUT2D eigenvalue weighted by atomic mass is 16.7. The minimum absolute atomic E-state index is 0.344. The second-order valence-corrected chi connectivity index (χ2v) is 8.02. The predicted molar refractivity (Wildman–Crippen MR) is 122 cm³/mol. The maximum Gasteiger partial charge on any atom is 0.184 e. The quantitative estimate of drug-likeness (QED) is 0.538. The van der Waals surface area contributed by atoms with E-state index in [9.17, 15) is 5.11 Å². The molecule has 1 N–H and O–H groups in total. The monoisotopic (exact) mass is 434 g/mol. The van der Waals surface area contributed by atoms with E-state index < -0.39 is 24.6 Å². The number of hydrogen-bond donors (Lipinski definition) is 1. The molecule has 5 atom stereocenters. The van der Waals surface area contributed by atoms with Crippen LogP contribution in [-0.4, -0.2) is 35.8 Å². The van der Waals surface area contributed by atoms with Crippen LogP contribution in [0.15, 0.2) is 91.0 Å². The standard InChI is InChI=1S/C27H30O5/c1-20-24(29-17-21-11-5-2-6-12-21)25(30-18-22-13-7-3-8-14-22)26(27(28)32-20)31-19-23-15-9-4-10-16-23/h2-16,20,24-28H,17-19H2,1H3/t20-,24+,25+,26-,27+/m1/s1. The van der Waals surface area contributed by atoms with Crippen molar-refractivity contribution in [2.24, 2.45) is 0 Å². The lowest BCUT2D eigenvalue weighted by Gasteiger charge is -2.43. The third kappa shape index (κ3) is 6.03. The summed E-state index contributed by atoms with van der Waals surface area (Å²) in [6, 6.07) is 29.8. The molecule has 0 aliphatic carbocycles. The van der Waals surface area contributed by atoms with Crippen molar-refractivity contribution in [2.45, 2.75) is 57.5 Å². The lowest BCUT2D eigenvalue weighted by molar-refractivity contribution is -0.308. The van der Waals surface area contributed by atoms with Gasteiger partial charge in [-0.1, -0.05) is 91.0 Å². The second-order valence-electron chi connectivity index (χ2n) is 8.02. The van der Waals surface area contributed by atoms with Gasteiger partial charge in [0.15, 0.2) is 6.29 Å². The molecular formula is C27H30O5. The van der Waals surface area contributed by atoms with Crippen LogP contribution in [0.4, 0.5) is 0 Å². The van der Waals surface area contributed by atoms with E-state index >= 15 is 0 Å². The van der Waals surface area contributed by atoms with Gasteiger partial charge in [0.05, 0.1) is 25.9 Å². The first-order valence-electron chi connectivity index (χ1n) is 11.0. The second kappa shape index (κ2) is 11.4. The van der Waals surface area contributed by atoms with E-state index in [1.54, 1.807) is 0 Å². The first-order valence-corrected chi connectivity index (χ1v) is 11.0. The third-order valence-electron chi connectivity index (χ3n) is 5.60. The maximum absolute atomic E-state index is 10.7. The molecule has 1 saturated heterocycles. The number of rotatable bonds is 9. The largest absolute Gasteiger partial charge is 0.368 e. The molecule has 0 unspecified atom stereocenters. The lowest BCUT2D eigenvalue weighted by atomic mass is 9.98. The van der Waals surface area contributed by atoms with Gasteiger partial charge >= 0.3 is 0 Å². The van der Waals surface area contributed by atoms with Crippen molar-refractivity contribution in [3.8, 4) is 0 Å². The first-order chi connectivity index (χ1) is 15.7. The van der Waals surface area contributed by atoms with Crippen LogP contribution in [0, 0.1) is 0 Å². The highest BCUT2D eigenvalue weighted by Gasteiger charge is 2.46. The van der Waals surface area contributed by atoms with E-state index in [1.165, 1.54) is 0 Å². The predicted octanol–water partition coefficient (Wildman–Crippen LogP) is 4.48. The van der Waals surface area contributed by atoms with Crippen molar-refractivity contribution in [3.63, 3.8) is 0 Å². The Bertz CT molecular complexity index is 863. The summed E-state index contributed by atoms with van der Waals surface area (Å²) in [6.45, 7) is 3.05. The van der Waals surface area contributed by atoms with E-state index in [1.807, 2.05) is 97.9 Å². The summed E-state index contributed by atoms with van der Waals surface area (Å²) in [5.41, 5.74) is 3.13. The zero-order chi connectivity index (χ0) is 22.2. The van der Waals surface area contributed by atoms with Gasteiger partial charge in [0.2, 0.25) is 0 Å². The molecule has 0 radical (unpaired) electrons. The molecular weight excluding hydrogens is 404 g/mol. The molecule has 0 saturated carbocycles. The van der Waals surface area contributed by atoms with Gasteiger partial charge in [-0.3, -0.25) is 0 Å². The molecule has 1 heterocycles. The van der Waals surface area contributed by atoms with Gasteiger partial charge in [0.1, 0.15) is 18.3 Å². The SMILES string of the molecule is C[C@H]1O[C@H](O)[C@H](OCc2ccccc2)[C@@H](OCc2ccccc2)[C@H]1OCc1ccccc1. The van der Waals surface area contributed by atoms with Crippen molar-refractivity contribution in [3.05, 3.63) is 108 Å². The van der Waals surface area contributed by atoms with Gasteiger partial charge < -0.3 is 24.1 Å². The average molecular weight is 435 g/mol. The molecule has 168 valence electrons. The summed E-state index contributed by atoms with van der Waals surface area (Å²) in [7, 11) is 0. The highest BCUT2D eigenvalue weighted by Crippen LogP contribution is 2.29. The fourth-order valence-corrected chi connectivity index (χ4v) is 3.89. The molecule has 0 amide bonds. The Morgan fingerprint density at radius 1 is 0.594 bits per heavy atom. The molecule has 4 rings (SSSR count). The lowest BCUT2D eigenvalue weighted by Crippen LogP contribution is -2.59. The zero-order valence-corrected chi connectivity index (χ0v) is 18.2. The van der Waals surface area contributed by atoms with Crippen molar-refractivity contribution in [1.29, 1.82) is 0 Å². The Morgan fingerprint density at radius 2 is 0.969 bits per heavy atom. The van der Waals surface area contributed by atoms with Crippen molar-refractivity contribution >= 4 is 0 Å². The average Bonchev–Trinajstić information content (AvgIpc) is 2.83. The molecule has 3 aromatic carbocycles. The fourth-order valence-electron chi connectivity index (χ4n) is 3.89. The van der Waals surface area contributed by atoms with E-state index in [0.29, 0.717) is 19.8 Å². The van der Waals surface area contributed by atoms with Crippen LogP contribution in [-0.2, 0) is 38.8 Å². The summed E-state index contributed by atoms with van der Waals surface area (Å²) in [5.74, 6) is 0. The molecule has 0 aromatic heterocycles. The van der Waals surface area contributed by atoms with Crippen molar-refractivity contribution in [1.82, 2.24) is 0 Å². The molecule has 1 fully saturated rings. The third-order valence-corrected chi connectivity index (χ3v) is 5.60. The Morgan fingerprint density at radius 3 is 1.41 bits per heavy atom. The highest BCUT2D eigenvalue weighted by molar-refractivity contribution is 5.15. The van der Waals surface area contributed by atoms with E-state index in [0.717, 1.165) is 16.7 Å². The van der Waals surface area contributed by atoms with Crippen molar-refractivity contribution in [2.75, 3.05) is 0 Å². The van der Waals surface area contributed by atoms with Gasteiger partial charge in [-0.2, -0.15) is 0 Å². The smallest absolute Gasteiger partial charge is 0.184 e. The first kappa shape index (κ1) is 22.6. The Kier molecular flexibility index (Phi) is 8.04. The summed E-state index contributed by atoms with van der Waals surface area (Å²) in [6.07, 6.45) is -3.04. The number of aliphatic hydroxyl groups is 1. The Balaban J connectivity index is 1.50. The molecule has 32 heavy (non-hydrogen) atoms. The summed E-state index contributed by atoms with van der Waals surface area (Å²) < 4.78 is 24.5. The van der Waals surface area contributed by atoms with Crippen LogP contribution in [0.1, 0.15) is 23.6 Å². The van der Waals surface area contributed by atoms with Crippen LogP contribution < -0.4 is 0 Å². The molecule has 5 heteroatoms. The Hall–Kier alpha value is -2.54. The van der Waals surface area contributed by atoms with E-state index in [2.05, 4.69) is 0 Å². The van der Waals surface area contributed by atoms with E-state index in [4.69, 9.17) is 18.9 Å². The van der Waals surface area contributed by atoms with E-state index in [-0.39, 0.29) is 6.10 Å². The van der Waals surface area contributed by atoms with Crippen molar-refractivity contribution < 1.29 is 24.1 Å². The van der Waals surface area contributed by atoms with Crippen LogP contribution in [0.5, 0.6) is 0 Å². The van der Waals surface area contributed by atoms with Crippen LogP contribution in [0.3, 0.4) is 0 Å². The molecule has 1 aliphatic rings. The number of hydrogen-bond acceptors (Lipinski definition) is 5. The molecule has 0 bridgehead atoms. The molecule has 3 aromatic rings. The fraction of sp³-hybridized carbons (Fsp3) is 0.333. The minimum Gasteiger partial charge on any atom is -0.368 e. The maximum atomic E-state index is 10.7. The number of aliphatic hydroxyl groups excluding tert-OH is 1. The van der Waals surface area contributed by atoms with Crippen LogP contribution in [0.2, 0.25) is 0 Å². The molecule has 0 spiro atoms. The summed E-state index contributed by atoms with van der Waals surface area (Å²) in [4.78, 5) is 0. The topological polar surface area (TPSA) is 57.2 Å². The minimum atomic E-state index is -1.11. The summed E-state index contributed by atoms with van der Waals surface area (Å²) in [5, 5.41) is 10.7. The number of benzene rings is 3. The van der Waals surface area contributed by atoms with Crippen LogP contribution in [0.25, 0.3) is 0 Å². The van der Waals surface area contributed by atoms with Gasteiger partial charge in [0, 0.05) is 0 Å². The van der Waals surface area contributed by atoms with Crippen LogP contribution >= 0.6 is 0 Å². The van der Waals surface area contributed by atoms with Gasteiger partial charge in [-0.15, -0.1) is 0 Å². The summed E-state index contributed by atoms with van der Waals surface area (Å²) >= 11 is 0. The number of ether oxygens (including phenoxy) is 4. The normalized spacial score (nSPS) is 25.5. The zero-order valence-electron chi connectivity index (χ0n) is 18.2. The van der Waals surface area contributed by atoms with Gasteiger partial charge in [-0.05, 0) is 23.6 Å². The van der Waals surface area contributed by atoms with Gasteiger partial charge in [0.25, 0.3) is 0 Å².